The largest absolute Gasteiger partial charge is 0.456 e. The Kier molecular flexibility index (Phi) is 5.22. The van der Waals surface area contributed by atoms with Crippen molar-refractivity contribution in [3.63, 3.8) is 0 Å². The number of hydrogen-bond donors (Lipinski definition) is 1. The first-order valence-corrected chi connectivity index (χ1v) is 6.19. The summed E-state index contributed by atoms with van der Waals surface area (Å²) in [5.74, 6) is 1.22. The number of nitrogens with two attached hydrogens (primary N) is 1. The number of furan rings is 1. The lowest BCUT2D eigenvalue weighted by molar-refractivity contribution is 0.0670. The minimum atomic E-state index is -0.0480. The highest BCUT2D eigenvalue weighted by atomic mass is 16.4. The molecule has 0 fully saturated rings. The van der Waals surface area contributed by atoms with Crippen LogP contribution in [-0.2, 0) is 6.42 Å². The summed E-state index contributed by atoms with van der Waals surface area (Å²) in [5.41, 5.74) is 5.48. The van der Waals surface area contributed by atoms with Crippen molar-refractivity contribution in [1.82, 2.24) is 4.90 Å². The predicted octanol–water partition coefficient (Wildman–Crippen LogP) is 2.04. The predicted molar refractivity (Wildman–Crippen MR) is 67.9 cm³/mol. The Morgan fingerprint density at radius 3 is 2.65 bits per heavy atom. The van der Waals surface area contributed by atoms with Crippen LogP contribution in [0.5, 0.6) is 0 Å². The normalized spacial score (nSPS) is 10.9. The lowest BCUT2D eigenvalue weighted by atomic mass is 10.2. The molecule has 1 amide bonds. The summed E-state index contributed by atoms with van der Waals surface area (Å²) in [6.07, 6.45) is 1.61. The third-order valence-electron chi connectivity index (χ3n) is 2.71. The van der Waals surface area contributed by atoms with E-state index in [0.717, 1.165) is 18.6 Å². The van der Waals surface area contributed by atoms with Crippen molar-refractivity contribution in [3.05, 3.63) is 23.7 Å². The Morgan fingerprint density at radius 2 is 2.18 bits per heavy atom. The van der Waals surface area contributed by atoms with Gasteiger partial charge in [0.1, 0.15) is 5.76 Å². The van der Waals surface area contributed by atoms with Crippen molar-refractivity contribution in [2.45, 2.75) is 39.7 Å². The molecule has 4 heteroatoms. The van der Waals surface area contributed by atoms with Crippen LogP contribution in [0.3, 0.4) is 0 Å². The highest BCUT2D eigenvalue weighted by molar-refractivity contribution is 5.91. The Bertz CT molecular complexity index is 358. The topological polar surface area (TPSA) is 59.5 Å². The van der Waals surface area contributed by atoms with E-state index < -0.39 is 0 Å². The SMILES string of the molecule is CCc1ccc(C(=O)N(CCCN)C(C)C)o1. The molecule has 0 bridgehead atoms. The summed E-state index contributed by atoms with van der Waals surface area (Å²) in [4.78, 5) is 14.0. The number of hydrogen-bond acceptors (Lipinski definition) is 3. The first kappa shape index (κ1) is 13.8. The highest BCUT2D eigenvalue weighted by Gasteiger charge is 2.20. The van der Waals surface area contributed by atoms with Gasteiger partial charge in [0.2, 0.25) is 0 Å². The second-order valence-electron chi connectivity index (χ2n) is 4.35. The van der Waals surface area contributed by atoms with Crippen molar-refractivity contribution in [1.29, 1.82) is 0 Å². The molecule has 96 valence electrons. The van der Waals surface area contributed by atoms with Gasteiger partial charge in [-0.3, -0.25) is 4.79 Å². The van der Waals surface area contributed by atoms with Gasteiger partial charge in [-0.2, -0.15) is 0 Å². The van der Waals surface area contributed by atoms with E-state index in [1.807, 2.05) is 26.8 Å². The van der Waals surface area contributed by atoms with Crippen molar-refractivity contribution in [2.24, 2.45) is 5.73 Å². The molecular formula is C13H22N2O2. The van der Waals surface area contributed by atoms with Crippen LogP contribution >= 0.6 is 0 Å². The average molecular weight is 238 g/mol. The monoisotopic (exact) mass is 238 g/mol. The third-order valence-corrected chi connectivity index (χ3v) is 2.71. The van der Waals surface area contributed by atoms with Gasteiger partial charge in [0.05, 0.1) is 0 Å². The van der Waals surface area contributed by atoms with Gasteiger partial charge in [-0.25, -0.2) is 0 Å². The van der Waals surface area contributed by atoms with Crippen molar-refractivity contribution < 1.29 is 9.21 Å². The van der Waals surface area contributed by atoms with Crippen LogP contribution in [0.25, 0.3) is 0 Å². The van der Waals surface area contributed by atoms with E-state index >= 15 is 0 Å². The molecule has 4 nitrogen and oxygen atoms in total. The number of carbonyl (C=O) groups excluding carboxylic acids is 1. The zero-order valence-corrected chi connectivity index (χ0v) is 10.9. The summed E-state index contributed by atoms with van der Waals surface area (Å²) < 4.78 is 5.48. The van der Waals surface area contributed by atoms with Gasteiger partial charge in [0, 0.05) is 19.0 Å². The maximum atomic E-state index is 12.2. The fraction of sp³-hybridized carbons (Fsp3) is 0.615. The first-order valence-electron chi connectivity index (χ1n) is 6.19. The lowest BCUT2D eigenvalue weighted by Crippen LogP contribution is -2.38. The zero-order valence-electron chi connectivity index (χ0n) is 10.9. The van der Waals surface area contributed by atoms with Crippen LogP contribution in [0.1, 0.15) is 43.5 Å². The minimum absolute atomic E-state index is 0.0480. The maximum absolute atomic E-state index is 12.2. The van der Waals surface area contributed by atoms with E-state index in [1.165, 1.54) is 0 Å². The lowest BCUT2D eigenvalue weighted by Gasteiger charge is -2.25. The minimum Gasteiger partial charge on any atom is -0.456 e. The molecule has 0 unspecified atom stereocenters. The fourth-order valence-corrected chi connectivity index (χ4v) is 1.68. The van der Waals surface area contributed by atoms with Crippen molar-refractivity contribution in [2.75, 3.05) is 13.1 Å². The fourth-order valence-electron chi connectivity index (χ4n) is 1.68. The Morgan fingerprint density at radius 1 is 1.47 bits per heavy atom. The molecule has 0 aliphatic rings. The maximum Gasteiger partial charge on any atom is 0.289 e. The molecule has 0 aliphatic carbocycles. The van der Waals surface area contributed by atoms with Crippen LogP contribution in [0.15, 0.2) is 16.5 Å². The molecular weight excluding hydrogens is 216 g/mol. The van der Waals surface area contributed by atoms with E-state index in [-0.39, 0.29) is 11.9 Å². The van der Waals surface area contributed by atoms with Gasteiger partial charge < -0.3 is 15.1 Å². The Balaban J connectivity index is 2.76. The summed E-state index contributed by atoms with van der Waals surface area (Å²) in [6.45, 7) is 7.27. The van der Waals surface area contributed by atoms with Gasteiger partial charge in [0.25, 0.3) is 5.91 Å². The molecule has 0 radical (unpaired) electrons. The van der Waals surface area contributed by atoms with Crippen LogP contribution < -0.4 is 5.73 Å². The molecule has 1 aromatic heterocycles. The van der Waals surface area contributed by atoms with Crippen LogP contribution in [0, 0.1) is 0 Å². The third kappa shape index (κ3) is 3.60. The van der Waals surface area contributed by atoms with Gasteiger partial charge in [-0.1, -0.05) is 6.92 Å². The summed E-state index contributed by atoms with van der Waals surface area (Å²) in [7, 11) is 0. The molecule has 1 heterocycles. The second kappa shape index (κ2) is 6.45. The van der Waals surface area contributed by atoms with E-state index in [4.69, 9.17) is 10.2 Å². The molecule has 0 aliphatic heterocycles. The standard InChI is InChI=1S/C13H22N2O2/c1-4-11-6-7-12(17-11)13(16)15(10(2)3)9-5-8-14/h6-7,10H,4-5,8-9,14H2,1-3H3. The highest BCUT2D eigenvalue weighted by Crippen LogP contribution is 2.13. The van der Waals surface area contributed by atoms with E-state index in [9.17, 15) is 4.79 Å². The molecule has 2 N–H and O–H groups in total. The zero-order chi connectivity index (χ0) is 12.8. The molecule has 1 rings (SSSR count). The van der Waals surface area contributed by atoms with Gasteiger partial charge >= 0.3 is 0 Å². The summed E-state index contributed by atoms with van der Waals surface area (Å²) in [5, 5.41) is 0. The number of amides is 1. The van der Waals surface area contributed by atoms with E-state index in [1.54, 1.807) is 11.0 Å². The molecule has 0 saturated heterocycles. The number of nitrogens with zero attached hydrogens (tertiary/aromatic N) is 1. The van der Waals surface area contributed by atoms with Gasteiger partial charge in [0.15, 0.2) is 5.76 Å². The first-order chi connectivity index (χ1) is 8.10. The number of carbonyl (C=O) groups is 1. The average Bonchev–Trinajstić information content (AvgIpc) is 2.77. The van der Waals surface area contributed by atoms with Crippen LogP contribution in [0.2, 0.25) is 0 Å². The molecule has 0 atom stereocenters. The van der Waals surface area contributed by atoms with Gasteiger partial charge in [-0.15, -0.1) is 0 Å². The molecule has 17 heavy (non-hydrogen) atoms. The van der Waals surface area contributed by atoms with E-state index in [2.05, 4.69) is 0 Å². The van der Waals surface area contributed by atoms with Crippen LogP contribution in [0.4, 0.5) is 0 Å². The summed E-state index contributed by atoms with van der Waals surface area (Å²) >= 11 is 0. The van der Waals surface area contributed by atoms with Crippen LogP contribution in [-0.4, -0.2) is 29.9 Å². The molecule has 0 aromatic carbocycles. The van der Waals surface area contributed by atoms with E-state index in [0.29, 0.717) is 18.8 Å². The number of rotatable bonds is 6. The van der Waals surface area contributed by atoms with Gasteiger partial charge in [-0.05, 0) is 38.9 Å². The quantitative estimate of drug-likeness (QED) is 0.825. The Labute approximate surface area is 103 Å². The smallest absolute Gasteiger partial charge is 0.289 e. The summed E-state index contributed by atoms with van der Waals surface area (Å²) in [6, 6.07) is 3.76. The number of aryl methyl sites for hydroxylation is 1. The molecule has 1 aromatic rings. The molecule has 0 saturated carbocycles. The second-order valence-corrected chi connectivity index (χ2v) is 4.35. The van der Waals surface area contributed by atoms with Crippen molar-refractivity contribution in [3.8, 4) is 0 Å². The Hall–Kier alpha value is -1.29. The molecule has 0 spiro atoms. The van der Waals surface area contributed by atoms with Crippen molar-refractivity contribution >= 4 is 5.91 Å².